The van der Waals surface area contributed by atoms with Gasteiger partial charge in [0.1, 0.15) is 0 Å². The Morgan fingerprint density at radius 2 is 0.667 bits per heavy atom. The van der Waals surface area contributed by atoms with Gasteiger partial charge in [0.15, 0.2) is 0 Å². The number of aryl methyl sites for hydroxylation is 2. The van der Waals surface area contributed by atoms with E-state index in [9.17, 15) is 0 Å². The number of hydrogen-bond donors (Lipinski definition) is 0. The van der Waals surface area contributed by atoms with Crippen molar-refractivity contribution in [3.63, 3.8) is 0 Å². The monoisotopic (exact) mass is 412 g/mol. The van der Waals surface area contributed by atoms with Crippen molar-refractivity contribution in [2.24, 2.45) is 0 Å². The summed E-state index contributed by atoms with van der Waals surface area (Å²) >= 11 is 0. The lowest BCUT2D eigenvalue weighted by molar-refractivity contribution is 0.866. The fraction of sp³-hybridized carbons (Fsp3) is 0.400. The molecule has 0 nitrogen and oxygen atoms in total. The van der Waals surface area contributed by atoms with Crippen LogP contribution in [0, 0.1) is 13.8 Å². The van der Waals surface area contributed by atoms with Crippen molar-refractivity contribution in [2.45, 2.75) is 53.4 Å². The molecule has 0 fully saturated rings. The molecule has 0 aliphatic carbocycles. The fourth-order valence-corrected chi connectivity index (χ4v) is 1.90. The first kappa shape index (κ1) is 31.4. The van der Waals surface area contributed by atoms with Crippen LogP contribution in [0.2, 0.25) is 0 Å². The topological polar surface area (TPSA) is 0 Å². The van der Waals surface area contributed by atoms with Gasteiger partial charge in [0, 0.05) is 0 Å². The third kappa shape index (κ3) is 12.0. The zero-order chi connectivity index (χ0) is 15.1. The van der Waals surface area contributed by atoms with E-state index in [1.54, 1.807) is 0 Å². The predicted molar refractivity (Wildman–Crippen MR) is 120 cm³/mol. The predicted octanol–water partition coefficient (Wildman–Crippen LogP) is 7.92. The molecule has 0 spiro atoms. The van der Waals surface area contributed by atoms with Gasteiger partial charge in [-0.2, -0.15) is 0 Å². The van der Waals surface area contributed by atoms with E-state index in [-0.39, 0.29) is 49.6 Å². The molecule has 0 bridgehead atoms. The Morgan fingerprint density at radius 1 is 0.458 bits per heavy atom. The molecule has 0 aromatic heterocycles. The minimum absolute atomic E-state index is 0. The number of halogens is 4. The van der Waals surface area contributed by atoms with Gasteiger partial charge < -0.3 is 0 Å². The maximum atomic E-state index is 2.21. The molecule has 0 amide bonds. The maximum absolute atomic E-state index is 2.21. The normalized spacial score (nSPS) is 8.67. The average molecular weight is 414 g/mol. The van der Waals surface area contributed by atoms with Crippen LogP contribution in [0.4, 0.5) is 0 Å². The van der Waals surface area contributed by atoms with Crippen LogP contribution < -0.4 is 0 Å². The smallest absolute Gasteiger partial charge is 0.0219 e. The van der Waals surface area contributed by atoms with Crippen molar-refractivity contribution in [1.82, 2.24) is 0 Å². The van der Waals surface area contributed by atoms with Crippen LogP contribution in [-0.4, -0.2) is 0 Å². The highest BCUT2D eigenvalue weighted by Crippen LogP contribution is 2.14. The molecule has 24 heavy (non-hydrogen) atoms. The zero-order valence-corrected chi connectivity index (χ0v) is 18.7. The van der Waals surface area contributed by atoms with Crippen molar-refractivity contribution >= 4 is 49.6 Å². The molecule has 0 radical (unpaired) electrons. The summed E-state index contributed by atoms with van der Waals surface area (Å²) in [5, 5.41) is 0. The summed E-state index contributed by atoms with van der Waals surface area (Å²) in [6.45, 7) is 13.1. The van der Waals surface area contributed by atoms with Crippen molar-refractivity contribution in [1.29, 1.82) is 0 Å². The lowest BCUT2D eigenvalue weighted by atomic mass is 10.0. The molecule has 2 rings (SSSR count). The number of benzene rings is 2. The van der Waals surface area contributed by atoms with Gasteiger partial charge in [-0.1, -0.05) is 87.4 Å². The van der Waals surface area contributed by atoms with E-state index in [1.165, 1.54) is 22.3 Å². The fourth-order valence-electron chi connectivity index (χ4n) is 1.90. The summed E-state index contributed by atoms with van der Waals surface area (Å²) in [6.07, 6.45) is 0. The summed E-state index contributed by atoms with van der Waals surface area (Å²) in [4.78, 5) is 0. The van der Waals surface area contributed by atoms with Gasteiger partial charge in [0.2, 0.25) is 0 Å². The van der Waals surface area contributed by atoms with E-state index in [0.717, 1.165) is 0 Å². The Labute approximate surface area is 173 Å². The van der Waals surface area contributed by atoms with Gasteiger partial charge in [0.25, 0.3) is 0 Å². The molecule has 0 unspecified atom stereocenters. The van der Waals surface area contributed by atoms with Gasteiger partial charge in [-0.25, -0.2) is 0 Å². The van der Waals surface area contributed by atoms with Crippen LogP contribution in [0.25, 0.3) is 0 Å². The van der Waals surface area contributed by atoms with Crippen LogP contribution in [0.3, 0.4) is 0 Å². The van der Waals surface area contributed by atoms with E-state index < -0.39 is 0 Å². The first-order valence-electron chi connectivity index (χ1n) is 7.53. The van der Waals surface area contributed by atoms with Gasteiger partial charge in [-0.15, -0.1) is 49.6 Å². The van der Waals surface area contributed by atoms with E-state index in [2.05, 4.69) is 90.1 Å². The Morgan fingerprint density at radius 3 is 0.833 bits per heavy atom. The molecule has 0 saturated heterocycles. The van der Waals surface area contributed by atoms with Crippen LogP contribution in [0.1, 0.15) is 61.8 Å². The van der Waals surface area contributed by atoms with Gasteiger partial charge in [-0.3, -0.25) is 0 Å². The summed E-state index contributed by atoms with van der Waals surface area (Å²) < 4.78 is 0. The van der Waals surface area contributed by atoms with E-state index in [1.807, 2.05) is 0 Å². The molecule has 0 N–H and O–H groups in total. The van der Waals surface area contributed by atoms with Crippen LogP contribution in [-0.2, 0) is 0 Å². The lowest BCUT2D eigenvalue weighted by Crippen LogP contribution is -1.85. The molecule has 0 atom stereocenters. The van der Waals surface area contributed by atoms with Crippen molar-refractivity contribution < 1.29 is 0 Å². The van der Waals surface area contributed by atoms with Gasteiger partial charge in [0.05, 0.1) is 0 Å². The van der Waals surface area contributed by atoms with Gasteiger partial charge >= 0.3 is 0 Å². The Kier molecular flexibility index (Phi) is 21.0. The Hall–Kier alpha value is -0.400. The molecule has 140 valence electrons. The van der Waals surface area contributed by atoms with Crippen molar-refractivity contribution in [3.8, 4) is 0 Å². The second-order valence-corrected chi connectivity index (χ2v) is 6.13. The molecule has 0 heterocycles. The highest BCUT2D eigenvalue weighted by Gasteiger charge is 1.96. The molecule has 0 aliphatic heterocycles. The molecular weight excluding hydrogens is 382 g/mol. The van der Waals surface area contributed by atoms with E-state index >= 15 is 0 Å². The Bertz CT molecular complexity index is 453. The van der Waals surface area contributed by atoms with Gasteiger partial charge in [-0.05, 0) is 36.8 Å². The summed E-state index contributed by atoms with van der Waals surface area (Å²) in [6, 6.07) is 17.4. The molecule has 4 heteroatoms. The first-order valence-corrected chi connectivity index (χ1v) is 7.53. The number of hydrogen-bond acceptors (Lipinski definition) is 0. The maximum Gasteiger partial charge on any atom is -0.0219 e. The molecule has 2 aromatic carbocycles. The molecule has 2 aromatic rings. The third-order valence-electron chi connectivity index (χ3n) is 3.49. The van der Waals surface area contributed by atoms with Crippen LogP contribution >= 0.6 is 49.6 Å². The van der Waals surface area contributed by atoms with Crippen molar-refractivity contribution in [3.05, 3.63) is 70.8 Å². The minimum atomic E-state index is 0. The largest absolute Gasteiger partial charge is 0.147 e. The quantitative estimate of drug-likeness (QED) is 0.468. The SMILES string of the molecule is Cc1ccc(C(C)C)cc1.Cc1ccc(C(C)C)cc1.Cl.Cl.Cl.Cl. The standard InChI is InChI=1S/2C10H14.4ClH/c2*1-8(2)10-6-4-9(3)5-7-10;;;;/h2*4-8H,1-3H3;4*1H. The second kappa shape index (κ2) is 16.1. The highest BCUT2D eigenvalue weighted by atomic mass is 35.5. The zero-order valence-electron chi connectivity index (χ0n) is 15.4. The molecule has 0 aliphatic rings. The minimum Gasteiger partial charge on any atom is -0.147 e. The summed E-state index contributed by atoms with van der Waals surface area (Å²) in [5.41, 5.74) is 5.52. The highest BCUT2D eigenvalue weighted by molar-refractivity contribution is 5.86. The van der Waals surface area contributed by atoms with Crippen LogP contribution in [0.15, 0.2) is 48.5 Å². The van der Waals surface area contributed by atoms with E-state index in [0.29, 0.717) is 11.8 Å². The van der Waals surface area contributed by atoms with Crippen molar-refractivity contribution in [2.75, 3.05) is 0 Å². The Balaban J connectivity index is -0.000000143. The second-order valence-electron chi connectivity index (χ2n) is 6.13. The van der Waals surface area contributed by atoms with Crippen LogP contribution in [0.5, 0.6) is 0 Å². The lowest BCUT2D eigenvalue weighted by Gasteiger charge is -2.03. The summed E-state index contributed by atoms with van der Waals surface area (Å²) in [5.74, 6) is 1.31. The summed E-state index contributed by atoms with van der Waals surface area (Å²) in [7, 11) is 0. The first-order chi connectivity index (χ1) is 9.40. The molecular formula is C20H32Cl4. The van der Waals surface area contributed by atoms with E-state index in [4.69, 9.17) is 0 Å². The number of rotatable bonds is 2. The molecule has 0 saturated carbocycles. The third-order valence-corrected chi connectivity index (χ3v) is 3.49. The average Bonchev–Trinajstić information content (AvgIpc) is 2.40.